The van der Waals surface area contributed by atoms with Crippen LogP contribution in [0.3, 0.4) is 0 Å². The summed E-state index contributed by atoms with van der Waals surface area (Å²) >= 11 is 0. The molecule has 1 aromatic rings. The van der Waals surface area contributed by atoms with E-state index in [0.717, 1.165) is 13.1 Å². The third kappa shape index (κ3) is 2.95. The maximum atomic E-state index is 6.12. The van der Waals surface area contributed by atoms with Gasteiger partial charge >= 0.3 is 0 Å². The fourth-order valence-electron chi connectivity index (χ4n) is 3.73. The summed E-state index contributed by atoms with van der Waals surface area (Å²) in [6, 6.07) is 7.36. The van der Waals surface area contributed by atoms with E-state index in [9.17, 15) is 0 Å². The van der Waals surface area contributed by atoms with Gasteiger partial charge in [-0.25, -0.2) is 0 Å². The van der Waals surface area contributed by atoms with Gasteiger partial charge in [0.1, 0.15) is 0 Å². The Morgan fingerprint density at radius 2 is 1.90 bits per heavy atom. The third-order valence-corrected chi connectivity index (χ3v) is 5.43. The zero-order chi connectivity index (χ0) is 15.0. The Kier molecular flexibility index (Phi) is 3.98. The van der Waals surface area contributed by atoms with Gasteiger partial charge in [0.15, 0.2) is 0 Å². The second kappa shape index (κ2) is 5.62. The number of likely N-dealkylation sites (N-methyl/N-ethyl adjacent to an activating group) is 1. The molecular formula is C18H29N3. The van der Waals surface area contributed by atoms with Crippen LogP contribution in [0, 0.1) is 5.41 Å². The van der Waals surface area contributed by atoms with Gasteiger partial charge < -0.3 is 10.6 Å². The number of nitrogens with two attached hydrogens (primary N) is 1. The van der Waals surface area contributed by atoms with E-state index in [2.05, 4.69) is 48.9 Å². The highest BCUT2D eigenvalue weighted by molar-refractivity contribution is 5.58. The van der Waals surface area contributed by atoms with Gasteiger partial charge in [0.2, 0.25) is 0 Å². The van der Waals surface area contributed by atoms with Crippen LogP contribution in [-0.2, 0) is 6.42 Å². The van der Waals surface area contributed by atoms with Crippen LogP contribution < -0.4 is 10.6 Å². The summed E-state index contributed by atoms with van der Waals surface area (Å²) in [4.78, 5) is 4.94. The average molecular weight is 287 g/mol. The summed E-state index contributed by atoms with van der Waals surface area (Å²) in [5, 5.41) is 0. The number of fused-ring (bicyclic) bond motifs is 1. The van der Waals surface area contributed by atoms with E-state index in [1.807, 2.05) is 0 Å². The van der Waals surface area contributed by atoms with Crippen molar-refractivity contribution in [3.8, 4) is 0 Å². The molecule has 2 aliphatic heterocycles. The zero-order valence-electron chi connectivity index (χ0n) is 13.7. The Morgan fingerprint density at radius 1 is 1.19 bits per heavy atom. The number of rotatable bonds is 3. The highest BCUT2D eigenvalue weighted by Crippen LogP contribution is 2.35. The normalized spacial score (nSPS) is 23.1. The van der Waals surface area contributed by atoms with Crippen LogP contribution >= 0.6 is 0 Å². The molecule has 0 aliphatic carbocycles. The molecule has 0 spiro atoms. The van der Waals surface area contributed by atoms with Gasteiger partial charge in [-0.2, -0.15) is 0 Å². The molecule has 1 aromatic carbocycles. The van der Waals surface area contributed by atoms with Gasteiger partial charge in [0, 0.05) is 31.9 Å². The largest absolute Gasteiger partial charge is 0.374 e. The first-order valence-electron chi connectivity index (χ1n) is 8.28. The van der Waals surface area contributed by atoms with E-state index in [1.165, 1.54) is 49.2 Å². The molecule has 0 amide bonds. The van der Waals surface area contributed by atoms with Crippen molar-refractivity contribution in [1.82, 2.24) is 4.90 Å². The van der Waals surface area contributed by atoms with Crippen molar-refractivity contribution in [2.45, 2.75) is 39.2 Å². The minimum Gasteiger partial charge on any atom is -0.374 e. The summed E-state index contributed by atoms with van der Waals surface area (Å²) in [6.45, 7) is 8.97. The Labute approximate surface area is 129 Å². The molecule has 2 heterocycles. The summed E-state index contributed by atoms with van der Waals surface area (Å²) in [7, 11) is 2.18. The minimum atomic E-state index is 0.386. The molecule has 0 saturated carbocycles. The van der Waals surface area contributed by atoms with Crippen molar-refractivity contribution in [3.05, 3.63) is 29.3 Å². The molecule has 0 aromatic heterocycles. The fourth-order valence-corrected chi connectivity index (χ4v) is 3.73. The van der Waals surface area contributed by atoms with Gasteiger partial charge in [0.25, 0.3) is 0 Å². The Hall–Kier alpha value is -1.06. The van der Waals surface area contributed by atoms with Crippen molar-refractivity contribution in [1.29, 1.82) is 0 Å². The minimum absolute atomic E-state index is 0.386. The maximum absolute atomic E-state index is 6.12. The number of nitrogens with zero attached hydrogens (tertiary/aromatic N) is 2. The van der Waals surface area contributed by atoms with Crippen molar-refractivity contribution < 1.29 is 0 Å². The molecule has 1 saturated heterocycles. The van der Waals surface area contributed by atoms with E-state index < -0.39 is 0 Å². The van der Waals surface area contributed by atoms with Crippen LogP contribution in [0.2, 0.25) is 0 Å². The average Bonchev–Trinajstić information content (AvgIpc) is 2.83. The number of hydrogen-bond donors (Lipinski definition) is 1. The number of likely N-dealkylation sites (tertiary alicyclic amines) is 1. The molecule has 0 radical (unpaired) electrons. The van der Waals surface area contributed by atoms with Gasteiger partial charge in [0.05, 0.1) is 0 Å². The van der Waals surface area contributed by atoms with E-state index in [-0.39, 0.29) is 0 Å². The summed E-state index contributed by atoms with van der Waals surface area (Å²) in [5.74, 6) is 0. The van der Waals surface area contributed by atoms with Crippen molar-refractivity contribution in [2.75, 3.05) is 38.1 Å². The number of anilines is 1. The molecule has 2 N–H and O–H groups in total. The molecule has 0 bridgehead atoms. The van der Waals surface area contributed by atoms with E-state index in [4.69, 9.17) is 5.73 Å². The van der Waals surface area contributed by atoms with Gasteiger partial charge in [-0.3, -0.25) is 4.90 Å². The molecule has 2 aliphatic rings. The SMILES string of the molecule is CN1CCc2cc(C(CN)N3CCC(C)(C)CC3)ccc21. The lowest BCUT2D eigenvalue weighted by Gasteiger charge is -2.41. The number of hydrogen-bond acceptors (Lipinski definition) is 3. The predicted octanol–water partition coefficient (Wildman–Crippen LogP) is 2.80. The van der Waals surface area contributed by atoms with Crippen molar-refractivity contribution >= 4 is 5.69 Å². The topological polar surface area (TPSA) is 32.5 Å². The van der Waals surface area contributed by atoms with E-state index in [1.54, 1.807) is 0 Å². The van der Waals surface area contributed by atoms with Crippen LogP contribution in [0.4, 0.5) is 5.69 Å². The first-order valence-corrected chi connectivity index (χ1v) is 8.28. The molecule has 3 heteroatoms. The van der Waals surface area contributed by atoms with E-state index in [0.29, 0.717) is 11.5 Å². The lowest BCUT2D eigenvalue weighted by molar-refractivity contribution is 0.0964. The highest BCUT2D eigenvalue weighted by Gasteiger charge is 2.30. The van der Waals surface area contributed by atoms with Crippen LogP contribution in [0.1, 0.15) is 43.9 Å². The van der Waals surface area contributed by atoms with Crippen molar-refractivity contribution in [3.63, 3.8) is 0 Å². The molecule has 3 nitrogen and oxygen atoms in total. The van der Waals surface area contributed by atoms with E-state index >= 15 is 0 Å². The Bertz CT molecular complexity index is 499. The Balaban J connectivity index is 1.78. The summed E-state index contributed by atoms with van der Waals surface area (Å²) < 4.78 is 0. The van der Waals surface area contributed by atoms with Gasteiger partial charge in [-0.15, -0.1) is 0 Å². The standard InChI is InChI=1S/C18H29N3/c1-18(2)7-10-21(11-8-18)17(13-19)14-4-5-16-15(12-14)6-9-20(16)3/h4-5,12,17H,6-11,13,19H2,1-3H3. The van der Waals surface area contributed by atoms with Crippen LogP contribution in [0.25, 0.3) is 0 Å². The first-order chi connectivity index (χ1) is 10.00. The Morgan fingerprint density at radius 3 is 2.57 bits per heavy atom. The first kappa shape index (κ1) is 14.9. The molecule has 1 atom stereocenters. The second-order valence-corrected chi connectivity index (χ2v) is 7.51. The molecule has 3 rings (SSSR count). The molecule has 21 heavy (non-hydrogen) atoms. The molecule has 116 valence electrons. The predicted molar refractivity (Wildman–Crippen MR) is 89.8 cm³/mol. The smallest absolute Gasteiger partial charge is 0.0470 e. The lowest BCUT2D eigenvalue weighted by atomic mass is 9.82. The van der Waals surface area contributed by atoms with Crippen LogP contribution in [-0.4, -0.2) is 38.1 Å². The van der Waals surface area contributed by atoms with Crippen LogP contribution in [0.5, 0.6) is 0 Å². The molecule has 1 unspecified atom stereocenters. The zero-order valence-corrected chi connectivity index (χ0v) is 13.7. The van der Waals surface area contributed by atoms with Gasteiger partial charge in [-0.05, 0) is 55.0 Å². The monoisotopic (exact) mass is 287 g/mol. The van der Waals surface area contributed by atoms with Crippen molar-refractivity contribution in [2.24, 2.45) is 11.1 Å². The van der Waals surface area contributed by atoms with Gasteiger partial charge in [-0.1, -0.05) is 26.0 Å². The number of benzene rings is 1. The third-order valence-electron chi connectivity index (χ3n) is 5.43. The fraction of sp³-hybridized carbons (Fsp3) is 0.667. The molecule has 1 fully saturated rings. The highest BCUT2D eigenvalue weighted by atomic mass is 15.2. The second-order valence-electron chi connectivity index (χ2n) is 7.51. The lowest BCUT2D eigenvalue weighted by Crippen LogP contribution is -2.42. The summed E-state index contributed by atoms with van der Waals surface area (Å²) in [6.07, 6.45) is 3.72. The van der Waals surface area contributed by atoms with Crippen LogP contribution in [0.15, 0.2) is 18.2 Å². The number of piperidine rings is 1. The molecular weight excluding hydrogens is 258 g/mol. The summed E-state index contributed by atoms with van der Waals surface area (Å²) in [5.41, 5.74) is 10.9. The quantitative estimate of drug-likeness (QED) is 0.928. The maximum Gasteiger partial charge on any atom is 0.0470 e.